The molecule has 2 atom stereocenters. The topological polar surface area (TPSA) is 151 Å². The third-order valence-electron chi connectivity index (χ3n) is 6.25. The first-order valence-electron chi connectivity index (χ1n) is 13.7. The minimum Gasteiger partial charge on any atom is -0.478 e. The van der Waals surface area contributed by atoms with Crippen LogP contribution in [0.25, 0.3) is 0 Å². The number of hydrogen-bond acceptors (Lipinski definition) is 7. The zero-order valence-electron chi connectivity index (χ0n) is 25.2. The molecule has 3 N–H and O–H groups in total. The first kappa shape index (κ1) is 33.8. The van der Waals surface area contributed by atoms with Gasteiger partial charge < -0.3 is 30.1 Å². The van der Waals surface area contributed by atoms with E-state index in [0.717, 1.165) is 0 Å². The van der Waals surface area contributed by atoms with Crippen molar-refractivity contribution >= 4 is 35.5 Å². The lowest BCUT2D eigenvalue weighted by atomic mass is 9.91. The van der Waals surface area contributed by atoms with Gasteiger partial charge in [0, 0.05) is 19.3 Å². The number of aromatic carboxylic acids is 1. The van der Waals surface area contributed by atoms with Crippen molar-refractivity contribution < 1.29 is 38.6 Å². The molecule has 0 unspecified atom stereocenters. The number of carbonyl (C=O) groups is 5. The van der Waals surface area contributed by atoms with Crippen molar-refractivity contribution in [2.75, 3.05) is 12.4 Å². The third kappa shape index (κ3) is 10.9. The summed E-state index contributed by atoms with van der Waals surface area (Å²) in [4.78, 5) is 62.9. The van der Waals surface area contributed by atoms with Gasteiger partial charge in [-0.1, -0.05) is 44.2 Å². The summed E-state index contributed by atoms with van der Waals surface area (Å²) in [7, 11) is 1.51. The molecule has 0 fully saturated rings. The Hall–Kier alpha value is -4.41. The standard InChI is InChI=1S/C31H41N3O8/c1-19(2)25(16-26(35)42-31(4,5)6)28(37)32-20(3)27(36)33-23-14-12-21(13-15-23)18-41-30(40)34(7)17-22-10-8-9-11-24(22)29(38)39/h8-15,19-20,25H,16-18H2,1-7H3,(H,32,37)(H,33,36)(H,38,39)/t20-,25-/m0/s1. The molecule has 0 aromatic heterocycles. The van der Waals surface area contributed by atoms with E-state index in [0.29, 0.717) is 16.8 Å². The second-order valence-corrected chi connectivity index (χ2v) is 11.4. The van der Waals surface area contributed by atoms with Crippen LogP contribution in [0.5, 0.6) is 0 Å². The van der Waals surface area contributed by atoms with E-state index >= 15 is 0 Å². The molecule has 42 heavy (non-hydrogen) atoms. The molecule has 228 valence electrons. The Morgan fingerprint density at radius 3 is 2.12 bits per heavy atom. The summed E-state index contributed by atoms with van der Waals surface area (Å²) >= 11 is 0. The minimum atomic E-state index is -1.07. The van der Waals surface area contributed by atoms with E-state index in [1.165, 1.54) is 18.0 Å². The highest BCUT2D eigenvalue weighted by Gasteiger charge is 2.30. The summed E-state index contributed by atoms with van der Waals surface area (Å²) < 4.78 is 10.7. The second-order valence-electron chi connectivity index (χ2n) is 11.4. The lowest BCUT2D eigenvalue weighted by molar-refractivity contribution is -0.158. The van der Waals surface area contributed by atoms with E-state index in [1.54, 1.807) is 70.2 Å². The molecule has 0 saturated heterocycles. The fourth-order valence-corrected chi connectivity index (χ4v) is 3.96. The highest BCUT2D eigenvalue weighted by molar-refractivity contribution is 5.97. The lowest BCUT2D eigenvalue weighted by Gasteiger charge is -2.25. The maximum atomic E-state index is 12.9. The Kier molecular flexibility index (Phi) is 12.1. The van der Waals surface area contributed by atoms with Crippen LogP contribution in [0.2, 0.25) is 0 Å². The van der Waals surface area contributed by atoms with Gasteiger partial charge in [-0.25, -0.2) is 9.59 Å². The molecular formula is C31H41N3O8. The molecule has 0 saturated carbocycles. The van der Waals surface area contributed by atoms with Crippen LogP contribution in [-0.2, 0) is 37.0 Å². The number of nitrogens with one attached hydrogen (secondary N) is 2. The first-order valence-corrected chi connectivity index (χ1v) is 13.7. The van der Waals surface area contributed by atoms with Crippen molar-refractivity contribution in [3.05, 3.63) is 65.2 Å². The first-order chi connectivity index (χ1) is 19.6. The normalized spacial score (nSPS) is 12.6. The van der Waals surface area contributed by atoms with Crippen molar-refractivity contribution in [1.82, 2.24) is 10.2 Å². The van der Waals surface area contributed by atoms with Crippen LogP contribution in [0.15, 0.2) is 48.5 Å². The van der Waals surface area contributed by atoms with Crippen LogP contribution in [-0.4, -0.2) is 58.5 Å². The molecule has 0 aliphatic heterocycles. The average Bonchev–Trinajstić information content (AvgIpc) is 2.89. The SMILES string of the molecule is CC(C)[C@H](CC(=O)OC(C)(C)C)C(=O)N[C@@H](C)C(=O)Nc1ccc(COC(=O)N(C)Cc2ccccc2C(=O)O)cc1. The number of carbonyl (C=O) groups excluding carboxylic acids is 4. The van der Waals surface area contributed by atoms with Gasteiger partial charge in [0.05, 0.1) is 17.9 Å². The Bertz CT molecular complexity index is 1270. The number of ether oxygens (including phenoxy) is 2. The van der Waals surface area contributed by atoms with Crippen LogP contribution in [0.1, 0.15) is 69.4 Å². The second kappa shape index (κ2) is 15.0. The van der Waals surface area contributed by atoms with Crippen molar-refractivity contribution in [3.63, 3.8) is 0 Å². The lowest BCUT2D eigenvalue weighted by Crippen LogP contribution is -2.45. The number of benzene rings is 2. The molecule has 0 radical (unpaired) electrons. The highest BCUT2D eigenvalue weighted by Crippen LogP contribution is 2.19. The molecule has 3 amide bonds. The van der Waals surface area contributed by atoms with Crippen LogP contribution in [0.4, 0.5) is 10.5 Å². The zero-order chi connectivity index (χ0) is 31.6. The van der Waals surface area contributed by atoms with Gasteiger partial charge in [0.2, 0.25) is 11.8 Å². The Labute approximate surface area is 246 Å². The number of nitrogens with zero attached hydrogens (tertiary/aromatic N) is 1. The quantitative estimate of drug-likeness (QED) is 0.307. The van der Waals surface area contributed by atoms with E-state index in [1.807, 2.05) is 13.8 Å². The number of anilines is 1. The molecule has 11 nitrogen and oxygen atoms in total. The average molecular weight is 584 g/mol. The smallest absolute Gasteiger partial charge is 0.410 e. The Morgan fingerprint density at radius 1 is 0.929 bits per heavy atom. The zero-order valence-corrected chi connectivity index (χ0v) is 25.2. The summed E-state index contributed by atoms with van der Waals surface area (Å²) in [5.41, 5.74) is 1.09. The predicted molar refractivity (Wildman–Crippen MR) is 157 cm³/mol. The molecule has 0 bridgehead atoms. The fourth-order valence-electron chi connectivity index (χ4n) is 3.96. The maximum Gasteiger partial charge on any atom is 0.410 e. The fraction of sp³-hybridized carbons (Fsp3) is 0.452. The van der Waals surface area contributed by atoms with Crippen LogP contribution in [0, 0.1) is 11.8 Å². The maximum absolute atomic E-state index is 12.9. The van der Waals surface area contributed by atoms with Gasteiger partial charge in [-0.2, -0.15) is 0 Å². The molecule has 0 spiro atoms. The van der Waals surface area contributed by atoms with Gasteiger partial charge in [-0.3, -0.25) is 14.4 Å². The van der Waals surface area contributed by atoms with Gasteiger partial charge in [-0.05, 0) is 62.9 Å². The highest BCUT2D eigenvalue weighted by atomic mass is 16.6. The van der Waals surface area contributed by atoms with Crippen molar-refractivity contribution in [2.45, 2.75) is 72.8 Å². The van der Waals surface area contributed by atoms with E-state index < -0.39 is 47.4 Å². The molecule has 2 aromatic rings. The number of carboxylic acids is 1. The predicted octanol–water partition coefficient (Wildman–Crippen LogP) is 4.60. The molecule has 11 heteroatoms. The van der Waals surface area contributed by atoms with Crippen molar-refractivity contribution in [1.29, 1.82) is 0 Å². The van der Waals surface area contributed by atoms with Gasteiger partial charge in [-0.15, -0.1) is 0 Å². The van der Waals surface area contributed by atoms with E-state index in [9.17, 15) is 29.1 Å². The number of esters is 1. The van der Waals surface area contributed by atoms with Crippen LogP contribution < -0.4 is 10.6 Å². The molecule has 0 aliphatic rings. The van der Waals surface area contributed by atoms with Gasteiger partial charge in [0.25, 0.3) is 0 Å². The van der Waals surface area contributed by atoms with E-state index in [4.69, 9.17) is 9.47 Å². The summed E-state index contributed by atoms with van der Waals surface area (Å²) in [6, 6.07) is 12.2. The Morgan fingerprint density at radius 2 is 1.55 bits per heavy atom. The largest absolute Gasteiger partial charge is 0.478 e. The number of rotatable bonds is 12. The monoisotopic (exact) mass is 583 g/mol. The summed E-state index contributed by atoms with van der Waals surface area (Å²) in [5.74, 6) is -3.20. The van der Waals surface area contributed by atoms with E-state index in [2.05, 4.69) is 10.6 Å². The number of amides is 3. The molecule has 2 aromatic carbocycles. The summed E-state index contributed by atoms with van der Waals surface area (Å²) in [6.07, 6.45) is -0.712. The molecule has 2 rings (SSSR count). The summed E-state index contributed by atoms with van der Waals surface area (Å²) in [5, 5.41) is 14.7. The van der Waals surface area contributed by atoms with Gasteiger partial charge in [0.15, 0.2) is 0 Å². The minimum absolute atomic E-state index is 0.0291. The number of hydrogen-bond donors (Lipinski definition) is 3. The molecule has 0 aliphatic carbocycles. The van der Waals surface area contributed by atoms with Crippen LogP contribution >= 0.6 is 0 Å². The number of carboxylic acid groups (broad SMARTS) is 1. The van der Waals surface area contributed by atoms with Crippen molar-refractivity contribution in [2.24, 2.45) is 11.8 Å². The van der Waals surface area contributed by atoms with E-state index in [-0.39, 0.29) is 31.1 Å². The third-order valence-corrected chi connectivity index (χ3v) is 6.25. The van der Waals surface area contributed by atoms with Crippen LogP contribution in [0.3, 0.4) is 0 Å². The Balaban J connectivity index is 1.87. The molecule has 0 heterocycles. The van der Waals surface area contributed by atoms with Gasteiger partial charge in [0.1, 0.15) is 18.2 Å². The molecular weight excluding hydrogens is 542 g/mol. The summed E-state index contributed by atoms with van der Waals surface area (Å²) in [6.45, 7) is 10.5. The van der Waals surface area contributed by atoms with Crippen molar-refractivity contribution in [3.8, 4) is 0 Å². The van der Waals surface area contributed by atoms with Gasteiger partial charge >= 0.3 is 18.0 Å².